The maximum atomic E-state index is 13.4. The second-order valence-electron chi connectivity index (χ2n) is 8.35. The molecule has 2 aromatic rings. The molecule has 0 spiro atoms. The minimum atomic E-state index is -0.424. The van der Waals surface area contributed by atoms with Crippen LogP contribution in [0.4, 0.5) is 0 Å². The molecule has 174 valence electrons. The monoisotopic (exact) mass is 449 g/mol. The largest absolute Gasteiger partial charge is 0.508 e. The maximum Gasteiger partial charge on any atom is 0.242 e. The van der Waals surface area contributed by atoms with Gasteiger partial charge in [-0.1, -0.05) is 42.5 Å². The summed E-state index contributed by atoms with van der Waals surface area (Å²) in [6, 6.07) is 10.4. The summed E-state index contributed by atoms with van der Waals surface area (Å²) in [5, 5.41) is 10.6. The third-order valence-corrected chi connectivity index (χ3v) is 6.22. The molecule has 4 rings (SSSR count). The van der Waals surface area contributed by atoms with Crippen LogP contribution in [-0.2, 0) is 4.79 Å². The van der Waals surface area contributed by atoms with Crippen molar-refractivity contribution in [1.29, 1.82) is 0 Å². The third kappa shape index (κ3) is 4.21. The van der Waals surface area contributed by atoms with E-state index in [1.54, 1.807) is 18.2 Å². The molecular formula is C26H31N3O4. The van der Waals surface area contributed by atoms with Crippen molar-refractivity contribution in [2.75, 3.05) is 19.8 Å². The molecule has 33 heavy (non-hydrogen) atoms. The molecule has 2 heterocycles. The molecule has 0 saturated carbocycles. The Balaban J connectivity index is 1.78. The predicted molar refractivity (Wildman–Crippen MR) is 127 cm³/mol. The molecule has 2 fully saturated rings. The smallest absolute Gasteiger partial charge is 0.242 e. The van der Waals surface area contributed by atoms with Gasteiger partial charge in [-0.25, -0.2) is 10.9 Å². The van der Waals surface area contributed by atoms with E-state index >= 15 is 0 Å². The van der Waals surface area contributed by atoms with Gasteiger partial charge in [0.15, 0.2) is 11.5 Å². The highest BCUT2D eigenvalue weighted by Crippen LogP contribution is 2.49. The van der Waals surface area contributed by atoms with Crippen molar-refractivity contribution in [2.45, 2.75) is 32.0 Å². The summed E-state index contributed by atoms with van der Waals surface area (Å²) < 4.78 is 11.6. The van der Waals surface area contributed by atoms with Crippen LogP contribution in [-0.4, -0.2) is 41.7 Å². The fourth-order valence-corrected chi connectivity index (χ4v) is 4.88. The lowest BCUT2D eigenvalue weighted by Gasteiger charge is -2.31. The van der Waals surface area contributed by atoms with Crippen LogP contribution in [0, 0.1) is 12.8 Å². The number of nitrogens with zero attached hydrogens (tertiary/aromatic N) is 1. The van der Waals surface area contributed by atoms with E-state index in [0.717, 1.165) is 16.7 Å². The summed E-state index contributed by atoms with van der Waals surface area (Å²) in [7, 11) is 0. The number of amides is 1. The Kier molecular flexibility index (Phi) is 6.72. The Morgan fingerprint density at radius 1 is 1.06 bits per heavy atom. The van der Waals surface area contributed by atoms with E-state index in [-0.39, 0.29) is 29.7 Å². The van der Waals surface area contributed by atoms with Crippen molar-refractivity contribution >= 4 is 5.91 Å². The highest BCUT2D eigenvalue weighted by atomic mass is 16.5. The number of hydrogen-bond acceptors (Lipinski definition) is 6. The van der Waals surface area contributed by atoms with Gasteiger partial charge in [0.25, 0.3) is 0 Å². The van der Waals surface area contributed by atoms with Crippen molar-refractivity contribution in [1.82, 2.24) is 15.8 Å². The number of aryl methyl sites for hydroxylation is 1. The zero-order chi connectivity index (χ0) is 23.5. The van der Waals surface area contributed by atoms with Crippen molar-refractivity contribution in [2.24, 2.45) is 5.92 Å². The lowest BCUT2D eigenvalue weighted by Crippen LogP contribution is -2.41. The van der Waals surface area contributed by atoms with Gasteiger partial charge >= 0.3 is 0 Å². The Hall–Kier alpha value is -3.29. The topological polar surface area (TPSA) is 83.1 Å². The molecular weight excluding hydrogens is 418 g/mol. The number of fused-ring (bicyclic) bond motifs is 1. The number of phenols is 1. The van der Waals surface area contributed by atoms with Crippen molar-refractivity contribution in [3.8, 4) is 17.2 Å². The summed E-state index contributed by atoms with van der Waals surface area (Å²) in [6.07, 6.45) is 3.42. The number of carbonyl (C=O) groups is 1. The molecule has 0 aromatic heterocycles. The molecule has 0 radical (unpaired) electrons. The summed E-state index contributed by atoms with van der Waals surface area (Å²) in [4.78, 5) is 15.2. The molecule has 4 atom stereocenters. The number of carbonyl (C=O) groups excluding carboxylic acids is 1. The van der Waals surface area contributed by atoms with Gasteiger partial charge in [-0.2, -0.15) is 0 Å². The summed E-state index contributed by atoms with van der Waals surface area (Å²) in [5.41, 5.74) is 9.19. The van der Waals surface area contributed by atoms with Gasteiger partial charge in [-0.15, -0.1) is 6.58 Å². The normalized spacial score (nSPS) is 23.9. The predicted octanol–water partition coefficient (Wildman–Crippen LogP) is 3.57. The molecule has 7 nitrogen and oxygen atoms in total. The van der Waals surface area contributed by atoms with Gasteiger partial charge in [-0.3, -0.25) is 4.79 Å². The van der Waals surface area contributed by atoms with E-state index in [0.29, 0.717) is 31.3 Å². The molecule has 7 heteroatoms. The molecule has 1 amide bonds. The third-order valence-electron chi connectivity index (χ3n) is 6.22. The first-order valence-electron chi connectivity index (χ1n) is 11.2. The zero-order valence-electron chi connectivity index (χ0n) is 19.1. The highest BCUT2D eigenvalue weighted by molar-refractivity contribution is 5.86. The highest BCUT2D eigenvalue weighted by Gasteiger charge is 2.55. The van der Waals surface area contributed by atoms with E-state index in [1.165, 1.54) is 0 Å². The van der Waals surface area contributed by atoms with Crippen molar-refractivity contribution in [3.05, 3.63) is 78.4 Å². The van der Waals surface area contributed by atoms with Gasteiger partial charge in [0.1, 0.15) is 18.4 Å². The fraction of sp³-hybridized carbons (Fsp3) is 0.346. The quantitative estimate of drug-likeness (QED) is 0.508. The molecule has 2 aliphatic rings. The first kappa shape index (κ1) is 22.9. The van der Waals surface area contributed by atoms with E-state index in [4.69, 9.17) is 9.47 Å². The van der Waals surface area contributed by atoms with Gasteiger partial charge in [0.2, 0.25) is 5.91 Å². The van der Waals surface area contributed by atoms with E-state index in [9.17, 15) is 9.90 Å². The summed E-state index contributed by atoms with van der Waals surface area (Å²) in [6.45, 7) is 12.7. The lowest BCUT2D eigenvalue weighted by atomic mass is 9.82. The van der Waals surface area contributed by atoms with Crippen LogP contribution in [0.5, 0.6) is 17.2 Å². The first-order chi connectivity index (χ1) is 16.0. The maximum absolute atomic E-state index is 13.4. The van der Waals surface area contributed by atoms with Crippen molar-refractivity contribution in [3.63, 3.8) is 0 Å². The van der Waals surface area contributed by atoms with Gasteiger partial charge in [0.05, 0.1) is 18.7 Å². The minimum absolute atomic E-state index is 0.00279. The van der Waals surface area contributed by atoms with E-state index in [2.05, 4.69) is 24.0 Å². The number of hydrogen-bond donors (Lipinski definition) is 3. The van der Waals surface area contributed by atoms with Crippen LogP contribution >= 0.6 is 0 Å². The van der Waals surface area contributed by atoms with Crippen molar-refractivity contribution < 1.29 is 19.4 Å². The summed E-state index contributed by atoms with van der Waals surface area (Å²) >= 11 is 0. The van der Waals surface area contributed by atoms with Crippen LogP contribution < -0.4 is 20.3 Å². The number of ether oxygens (including phenoxy) is 2. The van der Waals surface area contributed by atoms with Crippen LogP contribution in [0.3, 0.4) is 0 Å². The number of aromatic hydroxyl groups is 1. The number of nitrogens with one attached hydrogen (secondary N) is 2. The molecule has 2 aliphatic heterocycles. The van der Waals surface area contributed by atoms with E-state index in [1.807, 2.05) is 49.1 Å². The van der Waals surface area contributed by atoms with E-state index < -0.39 is 6.04 Å². The molecule has 2 aromatic carbocycles. The Bertz CT molecular complexity index is 1050. The standard InChI is InChI=1S/C26H31N3O4/c1-5-12-29-25(17-9-11-20(33-13-6-2)21(15-17)32-7-3)22-23(27-28-24(22)26(29)31)18-14-16(4)8-10-19(18)30/h5-6,8-11,14-15,22-25,27-28,30H,1-2,7,12-13H2,3-4H3. The van der Waals surface area contributed by atoms with Gasteiger partial charge < -0.3 is 19.5 Å². The molecule has 3 N–H and O–H groups in total. The molecule has 2 saturated heterocycles. The average molecular weight is 450 g/mol. The summed E-state index contributed by atoms with van der Waals surface area (Å²) in [5.74, 6) is 1.31. The number of likely N-dealkylation sites (tertiary alicyclic amines) is 1. The zero-order valence-corrected chi connectivity index (χ0v) is 19.1. The second kappa shape index (κ2) is 9.68. The molecule has 4 unspecified atom stereocenters. The second-order valence-corrected chi connectivity index (χ2v) is 8.35. The number of rotatable bonds is 9. The first-order valence-corrected chi connectivity index (χ1v) is 11.2. The van der Waals surface area contributed by atoms with Crippen LogP contribution in [0.2, 0.25) is 0 Å². The average Bonchev–Trinajstić information content (AvgIpc) is 3.34. The van der Waals surface area contributed by atoms with Crippen LogP contribution in [0.15, 0.2) is 61.7 Å². The SMILES string of the molecule is C=CCOc1ccc(C2C3C(NNC3c3cc(C)ccc3O)C(=O)N2CC=C)cc1OCC. The van der Waals surface area contributed by atoms with Gasteiger partial charge in [0, 0.05) is 18.0 Å². The number of phenolic OH excluding ortho intramolecular Hbond substituents is 1. The Morgan fingerprint density at radius 3 is 2.58 bits per heavy atom. The number of hydrazine groups is 1. The Labute approximate surface area is 194 Å². The van der Waals surface area contributed by atoms with Crippen LogP contribution in [0.1, 0.15) is 35.7 Å². The van der Waals surface area contributed by atoms with Gasteiger partial charge in [-0.05, 0) is 37.6 Å². The lowest BCUT2D eigenvalue weighted by molar-refractivity contribution is -0.130. The minimum Gasteiger partial charge on any atom is -0.508 e. The van der Waals surface area contributed by atoms with Crippen LogP contribution in [0.25, 0.3) is 0 Å². The Morgan fingerprint density at radius 2 is 1.85 bits per heavy atom. The fourth-order valence-electron chi connectivity index (χ4n) is 4.88. The molecule has 0 aliphatic carbocycles. The number of benzene rings is 2. The molecule has 0 bridgehead atoms.